The van der Waals surface area contributed by atoms with Crippen molar-refractivity contribution < 1.29 is 9.59 Å². The molecule has 144 valence electrons. The molecule has 0 fully saturated rings. The highest BCUT2D eigenvalue weighted by Gasteiger charge is 2.27. The molecule has 2 aromatic rings. The molecule has 0 saturated carbocycles. The average Bonchev–Trinajstić information content (AvgIpc) is 3.03. The van der Waals surface area contributed by atoms with Crippen molar-refractivity contribution >= 4 is 39.6 Å². The molecule has 0 bridgehead atoms. The smallest absolute Gasteiger partial charge is 0.239 e. The van der Waals surface area contributed by atoms with Crippen molar-refractivity contribution in [2.24, 2.45) is 0 Å². The number of ketones is 1. The Morgan fingerprint density at radius 1 is 1.11 bits per heavy atom. The van der Waals surface area contributed by atoms with Crippen molar-refractivity contribution in [1.29, 1.82) is 0 Å². The Labute approximate surface area is 169 Å². The van der Waals surface area contributed by atoms with Crippen LogP contribution in [0.25, 0.3) is 0 Å². The Hall–Kier alpha value is -1.69. The standard InChI is InChI=1S/C21H25ClN2O2S/c1-3-24(4-2)13-18(25)23-21-19(16-7-5-6-8-17(16)27-21)20(26)14-9-11-15(22)12-10-14/h9-12H,3-8,13H2,1-2H3,(H,23,25). The summed E-state index contributed by atoms with van der Waals surface area (Å²) in [7, 11) is 0. The van der Waals surface area contributed by atoms with E-state index in [4.69, 9.17) is 11.6 Å². The molecule has 0 radical (unpaired) electrons. The number of hydrogen-bond acceptors (Lipinski definition) is 4. The summed E-state index contributed by atoms with van der Waals surface area (Å²) in [5.41, 5.74) is 2.39. The van der Waals surface area contributed by atoms with Gasteiger partial charge in [0.25, 0.3) is 0 Å². The topological polar surface area (TPSA) is 49.4 Å². The zero-order valence-corrected chi connectivity index (χ0v) is 17.4. The third kappa shape index (κ3) is 4.60. The number of aryl methyl sites for hydroxylation is 1. The van der Waals surface area contributed by atoms with Crippen LogP contribution in [0.5, 0.6) is 0 Å². The number of anilines is 1. The van der Waals surface area contributed by atoms with Crippen LogP contribution in [-0.4, -0.2) is 36.2 Å². The summed E-state index contributed by atoms with van der Waals surface area (Å²) < 4.78 is 0. The number of nitrogens with one attached hydrogen (secondary N) is 1. The van der Waals surface area contributed by atoms with Gasteiger partial charge in [0.05, 0.1) is 12.1 Å². The van der Waals surface area contributed by atoms with E-state index in [0.29, 0.717) is 27.7 Å². The fraction of sp³-hybridized carbons (Fsp3) is 0.429. The maximum Gasteiger partial charge on any atom is 0.239 e. The second-order valence-corrected chi connectivity index (χ2v) is 8.30. The number of thiophene rings is 1. The molecule has 1 N–H and O–H groups in total. The number of amides is 1. The molecule has 0 unspecified atom stereocenters. The minimum atomic E-state index is -0.0672. The third-order valence-corrected chi connectivity index (χ3v) is 6.48. The molecule has 1 aliphatic rings. The Morgan fingerprint density at radius 3 is 2.44 bits per heavy atom. The summed E-state index contributed by atoms with van der Waals surface area (Å²) in [4.78, 5) is 29.1. The van der Waals surface area contributed by atoms with E-state index in [2.05, 4.69) is 10.2 Å². The van der Waals surface area contributed by atoms with E-state index in [1.165, 1.54) is 4.88 Å². The van der Waals surface area contributed by atoms with E-state index in [9.17, 15) is 9.59 Å². The van der Waals surface area contributed by atoms with Crippen LogP contribution in [0.2, 0.25) is 5.02 Å². The number of fused-ring (bicyclic) bond motifs is 1. The highest BCUT2D eigenvalue weighted by Crippen LogP contribution is 2.39. The SMILES string of the molecule is CCN(CC)CC(=O)Nc1sc2c(c1C(=O)c1ccc(Cl)cc1)CCCC2. The minimum absolute atomic E-state index is 0.0378. The molecule has 1 aromatic carbocycles. The maximum atomic E-state index is 13.2. The maximum absolute atomic E-state index is 13.2. The van der Waals surface area contributed by atoms with Gasteiger partial charge in [0.1, 0.15) is 5.00 Å². The average molecular weight is 405 g/mol. The van der Waals surface area contributed by atoms with Crippen molar-refractivity contribution in [3.05, 3.63) is 50.9 Å². The van der Waals surface area contributed by atoms with Gasteiger partial charge >= 0.3 is 0 Å². The number of rotatable bonds is 7. The molecule has 1 aliphatic carbocycles. The number of carbonyl (C=O) groups excluding carboxylic acids is 2. The minimum Gasteiger partial charge on any atom is -0.316 e. The molecule has 0 spiro atoms. The van der Waals surface area contributed by atoms with Crippen LogP contribution in [0.4, 0.5) is 5.00 Å². The Morgan fingerprint density at radius 2 is 1.78 bits per heavy atom. The highest BCUT2D eigenvalue weighted by molar-refractivity contribution is 7.17. The molecule has 1 amide bonds. The molecule has 0 aliphatic heterocycles. The first-order valence-electron chi connectivity index (χ1n) is 9.50. The summed E-state index contributed by atoms with van der Waals surface area (Å²) in [5, 5.41) is 4.32. The van der Waals surface area contributed by atoms with Gasteiger partial charge in [-0.25, -0.2) is 0 Å². The van der Waals surface area contributed by atoms with Gasteiger partial charge in [-0.15, -0.1) is 11.3 Å². The zero-order valence-electron chi connectivity index (χ0n) is 15.8. The van der Waals surface area contributed by atoms with Gasteiger partial charge in [0, 0.05) is 15.5 Å². The molecule has 0 saturated heterocycles. The number of nitrogens with zero attached hydrogens (tertiary/aromatic N) is 1. The zero-order chi connectivity index (χ0) is 19.4. The normalized spacial score (nSPS) is 13.5. The first-order chi connectivity index (χ1) is 13.0. The number of benzene rings is 1. The van der Waals surface area contributed by atoms with Gasteiger partial charge < -0.3 is 5.32 Å². The first-order valence-corrected chi connectivity index (χ1v) is 10.7. The van der Waals surface area contributed by atoms with Crippen LogP contribution >= 0.6 is 22.9 Å². The van der Waals surface area contributed by atoms with Crippen LogP contribution in [0.1, 0.15) is 53.1 Å². The van der Waals surface area contributed by atoms with Gasteiger partial charge in [0.15, 0.2) is 5.78 Å². The summed E-state index contributed by atoms with van der Waals surface area (Å²) in [5.74, 6) is -0.105. The van der Waals surface area contributed by atoms with Gasteiger partial charge in [-0.3, -0.25) is 14.5 Å². The van der Waals surface area contributed by atoms with Gasteiger partial charge in [-0.05, 0) is 68.6 Å². The summed E-state index contributed by atoms with van der Waals surface area (Å²) >= 11 is 7.52. The number of likely N-dealkylation sites (N-methyl/N-ethyl adjacent to an activating group) is 1. The van der Waals surface area contributed by atoms with Gasteiger partial charge in [0.2, 0.25) is 5.91 Å². The summed E-state index contributed by atoms with van der Waals surface area (Å²) in [6.45, 7) is 6.05. The van der Waals surface area contributed by atoms with E-state index < -0.39 is 0 Å². The largest absolute Gasteiger partial charge is 0.316 e. The number of hydrogen-bond donors (Lipinski definition) is 1. The monoisotopic (exact) mass is 404 g/mol. The Kier molecular flexibility index (Phi) is 6.68. The molecular weight excluding hydrogens is 380 g/mol. The lowest BCUT2D eigenvalue weighted by Gasteiger charge is -2.17. The molecule has 6 heteroatoms. The van der Waals surface area contributed by atoms with E-state index in [-0.39, 0.29) is 11.7 Å². The predicted octanol–water partition coefficient (Wildman–Crippen LogP) is 4.79. The Bertz CT molecular complexity index is 825. The Balaban J connectivity index is 1.92. The second kappa shape index (κ2) is 9.00. The lowest BCUT2D eigenvalue weighted by atomic mass is 9.92. The molecule has 27 heavy (non-hydrogen) atoms. The van der Waals surface area contributed by atoms with E-state index in [1.54, 1.807) is 35.6 Å². The van der Waals surface area contributed by atoms with Crippen molar-refractivity contribution in [2.45, 2.75) is 39.5 Å². The molecule has 1 aromatic heterocycles. The lowest BCUT2D eigenvalue weighted by molar-refractivity contribution is -0.117. The molecule has 0 atom stereocenters. The van der Waals surface area contributed by atoms with Gasteiger partial charge in [-0.2, -0.15) is 0 Å². The van der Waals surface area contributed by atoms with Crippen molar-refractivity contribution in [2.75, 3.05) is 25.0 Å². The van der Waals surface area contributed by atoms with Crippen LogP contribution in [0.3, 0.4) is 0 Å². The molecular formula is C21H25ClN2O2S. The molecule has 3 rings (SSSR count). The van der Waals surface area contributed by atoms with Crippen molar-refractivity contribution in [1.82, 2.24) is 4.90 Å². The number of halogens is 1. The van der Waals surface area contributed by atoms with Crippen LogP contribution in [0, 0.1) is 0 Å². The van der Waals surface area contributed by atoms with Crippen LogP contribution < -0.4 is 5.32 Å². The predicted molar refractivity (Wildman–Crippen MR) is 112 cm³/mol. The quantitative estimate of drug-likeness (QED) is 0.675. The third-order valence-electron chi connectivity index (χ3n) is 5.02. The molecule has 4 nitrogen and oxygen atoms in total. The van der Waals surface area contributed by atoms with Crippen molar-refractivity contribution in [3.63, 3.8) is 0 Å². The molecule has 1 heterocycles. The fourth-order valence-electron chi connectivity index (χ4n) is 3.46. The lowest BCUT2D eigenvalue weighted by Crippen LogP contribution is -2.33. The fourth-order valence-corrected chi connectivity index (χ4v) is 4.89. The van der Waals surface area contributed by atoms with E-state index in [1.807, 2.05) is 13.8 Å². The van der Waals surface area contributed by atoms with E-state index in [0.717, 1.165) is 44.3 Å². The first kappa shape index (κ1) is 20.1. The van der Waals surface area contributed by atoms with Crippen LogP contribution in [-0.2, 0) is 17.6 Å². The van der Waals surface area contributed by atoms with Crippen molar-refractivity contribution in [3.8, 4) is 0 Å². The van der Waals surface area contributed by atoms with Crippen LogP contribution in [0.15, 0.2) is 24.3 Å². The van der Waals surface area contributed by atoms with E-state index >= 15 is 0 Å². The number of carbonyl (C=O) groups is 2. The summed E-state index contributed by atoms with van der Waals surface area (Å²) in [6.07, 6.45) is 4.09. The van der Waals surface area contributed by atoms with Gasteiger partial charge in [-0.1, -0.05) is 25.4 Å². The second-order valence-electron chi connectivity index (χ2n) is 6.76. The summed E-state index contributed by atoms with van der Waals surface area (Å²) in [6, 6.07) is 6.95. The highest BCUT2D eigenvalue weighted by atomic mass is 35.5.